The number of nitrogens with one attached hydrogen (secondary N) is 1. The average Bonchev–Trinajstić information content (AvgIpc) is 2.40. The van der Waals surface area contributed by atoms with Gasteiger partial charge in [-0.2, -0.15) is 0 Å². The van der Waals surface area contributed by atoms with Gasteiger partial charge in [0.25, 0.3) is 0 Å². The van der Waals surface area contributed by atoms with E-state index in [0.29, 0.717) is 25.4 Å². The van der Waals surface area contributed by atoms with Gasteiger partial charge in [-0.25, -0.2) is 12.8 Å². The quantitative estimate of drug-likeness (QED) is 0.690. The smallest absolute Gasteiger partial charge is 0.149 e. The minimum absolute atomic E-state index is 0.00558. The predicted octanol–water partition coefficient (Wildman–Crippen LogP) is 1.04. The molecule has 0 radical (unpaired) electrons. The molecule has 120 valence electrons. The Morgan fingerprint density at radius 2 is 2.10 bits per heavy atom. The van der Waals surface area contributed by atoms with Crippen molar-refractivity contribution >= 4 is 15.5 Å². The van der Waals surface area contributed by atoms with Gasteiger partial charge in [0.1, 0.15) is 15.7 Å². The van der Waals surface area contributed by atoms with E-state index in [1.807, 2.05) is 6.07 Å². The van der Waals surface area contributed by atoms with Crippen molar-refractivity contribution < 1.29 is 17.5 Å². The molecule has 0 aliphatic heterocycles. The molecule has 0 bridgehead atoms. The Morgan fingerprint density at radius 3 is 2.71 bits per heavy atom. The standard InChI is InChI=1S/C14H23FN2O3S/c1-17(8-10-21(3,18)19)14-12(5-4-6-13(14)15)11-16-7-9-20-2/h4-6,16H,7-11H2,1-3H3. The monoisotopic (exact) mass is 318 g/mol. The number of nitrogens with zero attached hydrogens (tertiary/aromatic N) is 1. The molecule has 0 saturated heterocycles. The minimum Gasteiger partial charge on any atom is -0.383 e. The lowest BCUT2D eigenvalue weighted by atomic mass is 10.1. The highest BCUT2D eigenvalue weighted by Gasteiger charge is 2.14. The summed E-state index contributed by atoms with van der Waals surface area (Å²) in [6.07, 6.45) is 1.18. The summed E-state index contributed by atoms with van der Waals surface area (Å²) in [4.78, 5) is 1.64. The van der Waals surface area contributed by atoms with E-state index in [1.54, 1.807) is 25.1 Å². The second-order valence-electron chi connectivity index (χ2n) is 4.97. The number of methoxy groups -OCH3 is 1. The largest absolute Gasteiger partial charge is 0.383 e. The molecular weight excluding hydrogens is 295 g/mol. The third kappa shape index (κ3) is 6.41. The number of para-hydroxylation sites is 1. The zero-order chi connectivity index (χ0) is 15.9. The summed E-state index contributed by atoms with van der Waals surface area (Å²) in [5, 5.41) is 3.16. The second kappa shape index (κ2) is 8.31. The molecular formula is C14H23FN2O3S. The van der Waals surface area contributed by atoms with Crippen molar-refractivity contribution in [1.82, 2.24) is 5.32 Å². The third-order valence-corrected chi connectivity index (χ3v) is 3.97. The van der Waals surface area contributed by atoms with Gasteiger partial charge in [0.2, 0.25) is 0 Å². The highest BCUT2D eigenvalue weighted by molar-refractivity contribution is 7.90. The normalized spacial score (nSPS) is 11.6. The Balaban J connectivity index is 2.78. The fraction of sp³-hybridized carbons (Fsp3) is 0.571. The molecule has 1 N–H and O–H groups in total. The van der Waals surface area contributed by atoms with Crippen molar-refractivity contribution in [3.8, 4) is 0 Å². The molecule has 0 spiro atoms. The summed E-state index contributed by atoms with van der Waals surface area (Å²) in [7, 11) is 0.243. The van der Waals surface area contributed by atoms with Crippen molar-refractivity contribution in [2.24, 2.45) is 0 Å². The van der Waals surface area contributed by atoms with E-state index < -0.39 is 9.84 Å². The van der Waals surface area contributed by atoms with Crippen LogP contribution in [0.3, 0.4) is 0 Å². The number of anilines is 1. The molecule has 0 fully saturated rings. The summed E-state index contributed by atoms with van der Waals surface area (Å²) in [5.74, 6) is -0.356. The third-order valence-electron chi connectivity index (χ3n) is 3.05. The summed E-state index contributed by atoms with van der Waals surface area (Å²) >= 11 is 0. The van der Waals surface area contributed by atoms with Crippen LogP contribution in [0.2, 0.25) is 0 Å². The molecule has 0 atom stereocenters. The SMILES string of the molecule is COCCNCc1cccc(F)c1N(C)CCS(C)(=O)=O. The Hall–Kier alpha value is -1.18. The van der Waals surface area contributed by atoms with Gasteiger partial charge in [-0.15, -0.1) is 0 Å². The van der Waals surface area contributed by atoms with Gasteiger partial charge >= 0.3 is 0 Å². The van der Waals surface area contributed by atoms with Crippen molar-refractivity contribution in [1.29, 1.82) is 0 Å². The Bertz CT molecular complexity index is 549. The van der Waals surface area contributed by atoms with Gasteiger partial charge < -0.3 is 15.0 Å². The number of benzene rings is 1. The number of hydrogen-bond donors (Lipinski definition) is 1. The molecule has 0 unspecified atom stereocenters. The minimum atomic E-state index is -3.07. The van der Waals surface area contributed by atoms with Crippen LogP contribution in [0.15, 0.2) is 18.2 Å². The van der Waals surface area contributed by atoms with Gasteiger partial charge in [-0.1, -0.05) is 12.1 Å². The van der Waals surface area contributed by atoms with Crippen molar-refractivity contribution in [2.75, 3.05) is 50.8 Å². The van der Waals surface area contributed by atoms with Crippen molar-refractivity contribution in [2.45, 2.75) is 6.54 Å². The van der Waals surface area contributed by atoms with Crippen molar-refractivity contribution in [3.63, 3.8) is 0 Å². The van der Waals surface area contributed by atoms with Crippen LogP contribution in [0.25, 0.3) is 0 Å². The lowest BCUT2D eigenvalue weighted by Crippen LogP contribution is -2.28. The maximum atomic E-state index is 14.1. The van der Waals surface area contributed by atoms with E-state index in [1.165, 1.54) is 12.3 Å². The molecule has 0 amide bonds. The maximum Gasteiger partial charge on any atom is 0.149 e. The van der Waals surface area contributed by atoms with E-state index in [4.69, 9.17) is 4.74 Å². The van der Waals surface area contributed by atoms with Crippen LogP contribution < -0.4 is 10.2 Å². The summed E-state index contributed by atoms with van der Waals surface area (Å²) in [6, 6.07) is 4.86. The van der Waals surface area contributed by atoms with Crippen LogP contribution >= 0.6 is 0 Å². The van der Waals surface area contributed by atoms with Gasteiger partial charge in [0.15, 0.2) is 0 Å². The maximum absolute atomic E-state index is 14.1. The highest BCUT2D eigenvalue weighted by Crippen LogP contribution is 2.23. The lowest BCUT2D eigenvalue weighted by Gasteiger charge is -2.23. The fourth-order valence-corrected chi connectivity index (χ4v) is 2.55. The van der Waals surface area contributed by atoms with Crippen LogP contribution in [-0.2, 0) is 21.1 Å². The Labute approximate surface area is 126 Å². The molecule has 5 nitrogen and oxygen atoms in total. The zero-order valence-corrected chi connectivity index (χ0v) is 13.5. The van der Waals surface area contributed by atoms with Crippen LogP contribution in [0.5, 0.6) is 0 Å². The molecule has 0 aromatic heterocycles. The summed E-state index contributed by atoms with van der Waals surface area (Å²) < 4.78 is 41.5. The molecule has 0 aliphatic rings. The fourth-order valence-electron chi connectivity index (χ4n) is 1.94. The molecule has 1 rings (SSSR count). The first kappa shape index (κ1) is 17.9. The van der Waals surface area contributed by atoms with Crippen LogP contribution in [0.4, 0.5) is 10.1 Å². The van der Waals surface area contributed by atoms with E-state index in [0.717, 1.165) is 5.56 Å². The van der Waals surface area contributed by atoms with Gasteiger partial charge in [-0.05, 0) is 11.6 Å². The number of sulfone groups is 1. The first-order chi connectivity index (χ1) is 9.85. The van der Waals surface area contributed by atoms with Crippen molar-refractivity contribution in [3.05, 3.63) is 29.6 Å². The molecule has 0 heterocycles. The van der Waals surface area contributed by atoms with E-state index in [2.05, 4.69) is 5.32 Å². The van der Waals surface area contributed by atoms with Crippen LogP contribution in [-0.4, -0.2) is 54.3 Å². The predicted molar refractivity (Wildman–Crippen MR) is 83.0 cm³/mol. The molecule has 1 aromatic carbocycles. The molecule has 0 saturated carbocycles. The Morgan fingerprint density at radius 1 is 1.38 bits per heavy atom. The van der Waals surface area contributed by atoms with E-state index in [-0.39, 0.29) is 18.1 Å². The summed E-state index contributed by atoms with van der Waals surface area (Å²) in [6.45, 7) is 2.00. The number of rotatable bonds is 9. The highest BCUT2D eigenvalue weighted by atomic mass is 32.2. The average molecular weight is 318 g/mol. The Kier molecular flexibility index (Phi) is 7.07. The number of ether oxygens (including phenoxy) is 1. The summed E-state index contributed by atoms with van der Waals surface area (Å²) in [5.41, 5.74) is 1.23. The number of hydrogen-bond acceptors (Lipinski definition) is 5. The lowest BCUT2D eigenvalue weighted by molar-refractivity contribution is 0.199. The number of halogens is 1. The molecule has 21 heavy (non-hydrogen) atoms. The molecule has 1 aromatic rings. The van der Waals surface area contributed by atoms with Crippen LogP contribution in [0, 0.1) is 5.82 Å². The molecule has 7 heteroatoms. The first-order valence-electron chi connectivity index (χ1n) is 6.71. The van der Waals surface area contributed by atoms with Gasteiger partial charge in [0, 0.05) is 40.0 Å². The van der Waals surface area contributed by atoms with E-state index in [9.17, 15) is 12.8 Å². The van der Waals surface area contributed by atoms with Gasteiger partial charge in [-0.3, -0.25) is 0 Å². The second-order valence-corrected chi connectivity index (χ2v) is 7.23. The first-order valence-corrected chi connectivity index (χ1v) is 8.77. The van der Waals surface area contributed by atoms with E-state index >= 15 is 0 Å². The zero-order valence-electron chi connectivity index (χ0n) is 12.7. The topological polar surface area (TPSA) is 58.6 Å². The molecule has 0 aliphatic carbocycles. The van der Waals surface area contributed by atoms with Gasteiger partial charge in [0.05, 0.1) is 18.0 Å². The van der Waals surface area contributed by atoms with Crippen LogP contribution in [0.1, 0.15) is 5.56 Å².